The van der Waals surface area contributed by atoms with Gasteiger partial charge in [0, 0.05) is 36.3 Å². The molecule has 2 aromatic rings. The Kier molecular flexibility index (Phi) is 8.95. The average molecular weight is 526 g/mol. The summed E-state index contributed by atoms with van der Waals surface area (Å²) in [5.74, 6) is 4.49. The summed E-state index contributed by atoms with van der Waals surface area (Å²) in [6.07, 6.45) is 0.479. The third-order valence-corrected chi connectivity index (χ3v) is 8.43. The van der Waals surface area contributed by atoms with E-state index in [1.54, 1.807) is 29.7 Å². The largest absolute Gasteiger partial charge is 0.379 e. The second-order valence-corrected chi connectivity index (χ2v) is 11.6. The number of rotatable bonds is 6. The maximum Gasteiger partial charge on any atom is 0.266 e. The highest BCUT2D eigenvalue weighted by Gasteiger charge is 2.34. The van der Waals surface area contributed by atoms with Crippen molar-refractivity contribution in [3.63, 3.8) is 0 Å². The number of hydrogen-bond acceptors (Lipinski definition) is 7. The SMILES string of the molecule is O=C(NC(C(=O)NO)C1CCS(=O)(=O)CC1)c1ccc(C#Cc2ccc(CN3CCOCC3)cc2)cc1. The molecule has 10 heteroatoms. The molecule has 3 N–H and O–H groups in total. The van der Waals surface area contributed by atoms with Crippen molar-refractivity contribution in [2.75, 3.05) is 37.8 Å². The molecule has 1 unspecified atom stereocenters. The van der Waals surface area contributed by atoms with E-state index in [2.05, 4.69) is 34.2 Å². The van der Waals surface area contributed by atoms with E-state index in [1.807, 2.05) is 12.1 Å². The minimum atomic E-state index is -3.13. The Morgan fingerprint density at radius 1 is 0.973 bits per heavy atom. The maximum atomic E-state index is 12.8. The molecule has 2 fully saturated rings. The normalized spacial score (nSPS) is 18.7. The van der Waals surface area contributed by atoms with Gasteiger partial charge in [-0.1, -0.05) is 24.0 Å². The van der Waals surface area contributed by atoms with Crippen LogP contribution in [-0.2, 0) is 25.9 Å². The zero-order valence-electron chi connectivity index (χ0n) is 20.5. The number of hydroxylamine groups is 1. The number of sulfone groups is 1. The molecular weight excluding hydrogens is 494 g/mol. The van der Waals surface area contributed by atoms with Crippen molar-refractivity contribution in [1.29, 1.82) is 0 Å². The fourth-order valence-corrected chi connectivity index (χ4v) is 6.02. The van der Waals surface area contributed by atoms with Crippen molar-refractivity contribution in [3.8, 4) is 11.8 Å². The first-order valence-electron chi connectivity index (χ1n) is 12.3. The van der Waals surface area contributed by atoms with Gasteiger partial charge in [-0.25, -0.2) is 13.9 Å². The molecule has 2 aliphatic heterocycles. The summed E-state index contributed by atoms with van der Waals surface area (Å²) < 4.78 is 28.8. The highest BCUT2D eigenvalue weighted by molar-refractivity contribution is 7.91. The van der Waals surface area contributed by atoms with Gasteiger partial charge >= 0.3 is 0 Å². The van der Waals surface area contributed by atoms with E-state index >= 15 is 0 Å². The van der Waals surface area contributed by atoms with E-state index < -0.39 is 27.7 Å². The van der Waals surface area contributed by atoms with E-state index in [0.29, 0.717) is 5.56 Å². The van der Waals surface area contributed by atoms with Crippen molar-refractivity contribution in [2.45, 2.75) is 25.4 Å². The van der Waals surface area contributed by atoms with Crippen molar-refractivity contribution in [3.05, 3.63) is 70.8 Å². The van der Waals surface area contributed by atoms with Crippen LogP contribution < -0.4 is 10.8 Å². The van der Waals surface area contributed by atoms with Gasteiger partial charge < -0.3 is 10.1 Å². The number of benzene rings is 2. The van der Waals surface area contributed by atoms with Gasteiger partial charge in [0.15, 0.2) is 0 Å². The Morgan fingerprint density at radius 2 is 1.54 bits per heavy atom. The minimum Gasteiger partial charge on any atom is -0.379 e. The van der Waals surface area contributed by atoms with E-state index in [4.69, 9.17) is 9.94 Å². The summed E-state index contributed by atoms with van der Waals surface area (Å²) in [6.45, 7) is 4.32. The smallest absolute Gasteiger partial charge is 0.266 e. The third-order valence-electron chi connectivity index (χ3n) is 6.71. The van der Waals surface area contributed by atoms with Crippen molar-refractivity contribution in [1.82, 2.24) is 15.7 Å². The summed E-state index contributed by atoms with van der Waals surface area (Å²) >= 11 is 0. The van der Waals surface area contributed by atoms with E-state index in [9.17, 15) is 18.0 Å². The van der Waals surface area contributed by atoms with E-state index in [0.717, 1.165) is 44.0 Å². The van der Waals surface area contributed by atoms with Gasteiger partial charge in [0.2, 0.25) is 0 Å². The molecule has 9 nitrogen and oxygen atoms in total. The molecule has 0 radical (unpaired) electrons. The monoisotopic (exact) mass is 525 g/mol. The molecule has 4 rings (SSSR count). The van der Waals surface area contributed by atoms with Gasteiger partial charge in [-0.2, -0.15) is 0 Å². The predicted molar refractivity (Wildman–Crippen MR) is 138 cm³/mol. The van der Waals surface area contributed by atoms with Crippen LogP contribution in [0.4, 0.5) is 0 Å². The number of amides is 2. The molecule has 0 spiro atoms. The lowest BCUT2D eigenvalue weighted by Gasteiger charge is -2.29. The Balaban J connectivity index is 1.35. The number of carbonyl (C=O) groups is 2. The summed E-state index contributed by atoms with van der Waals surface area (Å²) in [7, 11) is -3.13. The number of hydrogen-bond donors (Lipinski definition) is 3. The van der Waals surface area contributed by atoms with Crippen LogP contribution in [0.25, 0.3) is 0 Å². The average Bonchev–Trinajstić information content (AvgIpc) is 2.92. The molecule has 2 heterocycles. The molecule has 2 saturated heterocycles. The molecule has 1 atom stereocenters. The molecule has 2 aromatic carbocycles. The second-order valence-electron chi connectivity index (χ2n) is 9.33. The van der Waals surface area contributed by atoms with Crippen LogP contribution in [-0.4, -0.2) is 74.2 Å². The second kappa shape index (κ2) is 12.3. The first-order valence-corrected chi connectivity index (χ1v) is 14.1. The van der Waals surface area contributed by atoms with Crippen LogP contribution in [0.1, 0.15) is 39.9 Å². The standard InChI is InChI=1S/C27H31N3O6S/c31-26(28-25(27(32)29-33)23-11-17-37(34,35)18-12-23)24-9-7-21(8-10-24)2-1-20-3-5-22(6-4-20)19-30-13-15-36-16-14-30/h3-10,23,25,33H,11-19H2,(H,28,31)(H,29,32). The van der Waals surface area contributed by atoms with Crippen molar-refractivity contribution in [2.24, 2.45) is 5.92 Å². The lowest BCUT2D eigenvalue weighted by molar-refractivity contribution is -0.132. The fourth-order valence-electron chi connectivity index (χ4n) is 4.49. The van der Waals surface area contributed by atoms with Gasteiger partial charge in [0.1, 0.15) is 15.9 Å². The van der Waals surface area contributed by atoms with Crippen LogP contribution >= 0.6 is 0 Å². The summed E-state index contributed by atoms with van der Waals surface area (Å²) in [5, 5.41) is 11.7. The minimum absolute atomic E-state index is 0.0489. The molecule has 37 heavy (non-hydrogen) atoms. The van der Waals surface area contributed by atoms with Crippen molar-refractivity contribution >= 4 is 21.7 Å². The topological polar surface area (TPSA) is 125 Å². The lowest BCUT2D eigenvalue weighted by Crippen LogP contribution is -2.51. The Morgan fingerprint density at radius 3 is 2.11 bits per heavy atom. The molecule has 0 saturated carbocycles. The van der Waals surface area contributed by atoms with Gasteiger partial charge in [-0.05, 0) is 60.7 Å². The highest BCUT2D eigenvalue weighted by Crippen LogP contribution is 2.23. The molecule has 196 valence electrons. The predicted octanol–water partition coefficient (Wildman–Crippen LogP) is 1.35. The van der Waals surface area contributed by atoms with Gasteiger partial charge in [-0.3, -0.25) is 19.7 Å². The summed E-state index contributed by atoms with van der Waals surface area (Å²) in [5.41, 5.74) is 4.76. The zero-order chi connectivity index (χ0) is 26.3. The summed E-state index contributed by atoms with van der Waals surface area (Å²) in [4.78, 5) is 27.3. The van der Waals surface area contributed by atoms with Crippen LogP contribution in [0.15, 0.2) is 48.5 Å². The van der Waals surface area contributed by atoms with Crippen molar-refractivity contribution < 1.29 is 28.0 Å². The fraction of sp³-hybridized carbons (Fsp3) is 0.407. The van der Waals surface area contributed by atoms with Gasteiger partial charge in [0.25, 0.3) is 11.8 Å². The third kappa shape index (κ3) is 7.63. The quantitative estimate of drug-likeness (QED) is 0.295. The maximum absolute atomic E-state index is 12.8. The molecule has 0 aliphatic carbocycles. The van der Waals surface area contributed by atoms with Crippen LogP contribution in [0.2, 0.25) is 0 Å². The number of nitrogens with zero attached hydrogens (tertiary/aromatic N) is 1. The van der Waals surface area contributed by atoms with Crippen LogP contribution in [0.3, 0.4) is 0 Å². The molecule has 0 bridgehead atoms. The van der Waals surface area contributed by atoms with E-state index in [-0.39, 0.29) is 30.3 Å². The van der Waals surface area contributed by atoms with Gasteiger partial charge in [0.05, 0.1) is 24.7 Å². The molecule has 0 aromatic heterocycles. The Labute approximate surface area is 217 Å². The number of carbonyl (C=O) groups excluding carboxylic acids is 2. The number of nitrogens with one attached hydrogen (secondary N) is 2. The molecule has 2 aliphatic rings. The van der Waals surface area contributed by atoms with Crippen LogP contribution in [0, 0.1) is 17.8 Å². The van der Waals surface area contributed by atoms with Gasteiger partial charge in [-0.15, -0.1) is 0 Å². The number of morpholine rings is 1. The Bertz CT molecular complexity index is 1250. The molecule has 2 amide bonds. The van der Waals surface area contributed by atoms with Crippen LogP contribution in [0.5, 0.6) is 0 Å². The first kappa shape index (κ1) is 26.8. The zero-order valence-corrected chi connectivity index (χ0v) is 21.3. The lowest BCUT2D eigenvalue weighted by atomic mass is 9.92. The Hall–Kier alpha value is -3.23. The summed E-state index contributed by atoms with van der Waals surface area (Å²) in [6, 6.07) is 13.8. The molecular formula is C27H31N3O6S. The first-order chi connectivity index (χ1) is 17.8. The highest BCUT2D eigenvalue weighted by atomic mass is 32.2. The van der Waals surface area contributed by atoms with E-state index in [1.165, 1.54) is 5.56 Å². The number of ether oxygens (including phenoxy) is 1.